The number of benzene rings is 2. The first-order valence-electron chi connectivity index (χ1n) is 10.1. The third kappa shape index (κ3) is 3.60. The molecule has 2 aromatic carbocycles. The van der Waals surface area contributed by atoms with Crippen molar-refractivity contribution in [1.29, 1.82) is 0 Å². The van der Waals surface area contributed by atoms with Crippen LogP contribution in [-0.4, -0.2) is 35.7 Å². The third-order valence-electron chi connectivity index (χ3n) is 5.21. The lowest BCUT2D eigenvalue weighted by Crippen LogP contribution is -2.11. The summed E-state index contributed by atoms with van der Waals surface area (Å²) < 4.78 is 2.69. The molecule has 0 bridgehead atoms. The van der Waals surface area contributed by atoms with Gasteiger partial charge in [0.15, 0.2) is 11.5 Å². The van der Waals surface area contributed by atoms with Gasteiger partial charge in [0.05, 0.1) is 21.4 Å². The molecule has 0 fully saturated rings. The second-order valence-electron chi connectivity index (χ2n) is 7.32. The molecule has 0 aliphatic rings. The fraction of sp³-hybridized carbons (Fsp3) is 0. The lowest BCUT2D eigenvalue weighted by Gasteiger charge is -2.08. The highest BCUT2D eigenvalue weighted by Crippen LogP contribution is 2.24. The average molecular weight is 449 g/mol. The van der Waals surface area contributed by atoms with Crippen LogP contribution in [0.2, 0.25) is 0 Å². The monoisotopic (exact) mass is 449 g/mol. The normalized spacial score (nSPS) is 11.2. The van der Waals surface area contributed by atoms with Gasteiger partial charge in [0.25, 0.3) is 5.91 Å². The number of carbonyl (C=O) groups is 1. The fourth-order valence-corrected chi connectivity index (χ4v) is 4.30. The van der Waals surface area contributed by atoms with Gasteiger partial charge in [-0.2, -0.15) is 9.61 Å². The molecule has 6 aromatic rings. The van der Waals surface area contributed by atoms with Crippen LogP contribution in [0.25, 0.3) is 38.5 Å². The molecule has 4 heterocycles. The van der Waals surface area contributed by atoms with Crippen LogP contribution in [0.15, 0.2) is 84.6 Å². The van der Waals surface area contributed by atoms with Gasteiger partial charge in [-0.25, -0.2) is 4.98 Å². The first-order chi connectivity index (χ1) is 16.2. The second-order valence-corrected chi connectivity index (χ2v) is 8.20. The summed E-state index contributed by atoms with van der Waals surface area (Å²) in [6.07, 6.45) is 3.41. The van der Waals surface area contributed by atoms with Crippen LogP contribution < -0.4 is 5.32 Å². The Morgan fingerprint density at radius 2 is 1.82 bits per heavy atom. The summed E-state index contributed by atoms with van der Waals surface area (Å²) in [5.74, 6) is 0.460. The van der Waals surface area contributed by atoms with E-state index in [0.29, 0.717) is 22.7 Å². The van der Waals surface area contributed by atoms with Crippen molar-refractivity contribution in [2.24, 2.45) is 0 Å². The third-order valence-corrected chi connectivity index (χ3v) is 6.00. The smallest absolute Gasteiger partial charge is 0.255 e. The minimum atomic E-state index is -0.176. The molecule has 0 saturated carbocycles. The predicted octanol–water partition coefficient (Wildman–Crippen LogP) is 4.72. The maximum Gasteiger partial charge on any atom is 0.255 e. The Bertz CT molecular complexity index is 1620. The van der Waals surface area contributed by atoms with Crippen LogP contribution in [0, 0.1) is 0 Å². The molecule has 4 aromatic heterocycles. The van der Waals surface area contributed by atoms with Crippen molar-refractivity contribution in [2.45, 2.75) is 0 Å². The highest BCUT2D eigenvalue weighted by Gasteiger charge is 2.12. The highest BCUT2D eigenvalue weighted by molar-refractivity contribution is 7.16. The van der Waals surface area contributed by atoms with E-state index in [9.17, 15) is 4.79 Å². The minimum absolute atomic E-state index is 0.176. The zero-order valence-electron chi connectivity index (χ0n) is 17.1. The van der Waals surface area contributed by atoms with E-state index in [-0.39, 0.29) is 5.91 Å². The molecule has 0 saturated heterocycles. The largest absolute Gasteiger partial charge is 0.322 e. The standard InChI is InChI=1S/C24H15N7OS/c32-24(17-4-5-20-21(13-17)33-14-26-20)27-18-3-1-2-16(12-18)19-6-7-22-28-29-23(31(22)30-19)15-8-10-25-11-9-15/h1-14H,(H,27,32). The van der Waals surface area contributed by atoms with Crippen molar-refractivity contribution in [3.8, 4) is 22.6 Å². The van der Waals surface area contributed by atoms with Crippen LogP contribution in [0.1, 0.15) is 10.4 Å². The van der Waals surface area contributed by atoms with Crippen LogP contribution in [0.3, 0.4) is 0 Å². The van der Waals surface area contributed by atoms with Gasteiger partial charge in [0.1, 0.15) is 0 Å². The number of aromatic nitrogens is 6. The number of amides is 1. The zero-order chi connectivity index (χ0) is 22.2. The molecule has 0 aliphatic heterocycles. The van der Waals surface area contributed by atoms with Gasteiger partial charge >= 0.3 is 0 Å². The summed E-state index contributed by atoms with van der Waals surface area (Å²) in [7, 11) is 0. The van der Waals surface area contributed by atoms with Gasteiger partial charge in [0, 0.05) is 34.8 Å². The van der Waals surface area contributed by atoms with Gasteiger partial charge in [0.2, 0.25) is 0 Å². The first kappa shape index (κ1) is 19.2. The Morgan fingerprint density at radius 1 is 0.909 bits per heavy atom. The number of carbonyl (C=O) groups excluding carboxylic acids is 1. The molecular formula is C24H15N7OS. The Morgan fingerprint density at radius 3 is 2.73 bits per heavy atom. The maximum absolute atomic E-state index is 12.8. The van der Waals surface area contributed by atoms with Gasteiger partial charge in [-0.1, -0.05) is 12.1 Å². The van der Waals surface area contributed by atoms with Crippen LogP contribution in [0.5, 0.6) is 0 Å². The van der Waals surface area contributed by atoms with E-state index < -0.39 is 0 Å². The lowest BCUT2D eigenvalue weighted by atomic mass is 10.1. The number of fused-ring (bicyclic) bond motifs is 2. The number of anilines is 1. The second kappa shape index (κ2) is 7.88. The number of thiazole rings is 1. The van der Waals surface area contributed by atoms with Crippen molar-refractivity contribution in [1.82, 2.24) is 29.8 Å². The van der Waals surface area contributed by atoms with E-state index in [0.717, 1.165) is 27.0 Å². The molecule has 8 nitrogen and oxygen atoms in total. The Balaban J connectivity index is 1.31. The summed E-state index contributed by atoms with van der Waals surface area (Å²) in [5.41, 5.74) is 7.05. The molecule has 1 amide bonds. The van der Waals surface area contributed by atoms with E-state index in [1.807, 2.05) is 60.7 Å². The van der Waals surface area contributed by atoms with E-state index in [4.69, 9.17) is 5.10 Å². The van der Waals surface area contributed by atoms with Crippen molar-refractivity contribution in [3.63, 3.8) is 0 Å². The predicted molar refractivity (Wildman–Crippen MR) is 127 cm³/mol. The zero-order valence-corrected chi connectivity index (χ0v) is 17.9. The molecule has 6 rings (SSSR count). The highest BCUT2D eigenvalue weighted by atomic mass is 32.1. The molecule has 0 aliphatic carbocycles. The van der Waals surface area contributed by atoms with Crippen LogP contribution in [-0.2, 0) is 0 Å². The van der Waals surface area contributed by atoms with E-state index in [2.05, 4.69) is 25.5 Å². The minimum Gasteiger partial charge on any atom is -0.322 e. The number of nitrogens with one attached hydrogen (secondary N) is 1. The molecule has 9 heteroatoms. The fourth-order valence-electron chi connectivity index (χ4n) is 3.58. The Hall–Kier alpha value is -4.50. The SMILES string of the molecule is O=C(Nc1cccc(-c2ccc3nnc(-c4ccncc4)n3n2)c1)c1ccc2ncsc2c1. The number of hydrogen-bond donors (Lipinski definition) is 1. The van der Waals surface area contributed by atoms with Gasteiger partial charge in [-0.3, -0.25) is 9.78 Å². The van der Waals surface area contributed by atoms with Crippen LogP contribution in [0.4, 0.5) is 5.69 Å². The molecule has 0 spiro atoms. The number of rotatable bonds is 4. The molecule has 0 atom stereocenters. The number of nitrogens with zero attached hydrogens (tertiary/aromatic N) is 6. The Labute approximate surface area is 191 Å². The van der Waals surface area contributed by atoms with Crippen molar-refractivity contribution >= 4 is 38.8 Å². The maximum atomic E-state index is 12.8. The lowest BCUT2D eigenvalue weighted by molar-refractivity contribution is 0.102. The number of hydrogen-bond acceptors (Lipinski definition) is 7. The molecule has 1 N–H and O–H groups in total. The summed E-state index contributed by atoms with van der Waals surface area (Å²) in [5, 5.41) is 16.2. The first-order valence-corrected chi connectivity index (χ1v) is 11.0. The summed E-state index contributed by atoms with van der Waals surface area (Å²) >= 11 is 1.51. The van der Waals surface area contributed by atoms with Crippen LogP contribution >= 0.6 is 11.3 Å². The molecule has 0 radical (unpaired) electrons. The average Bonchev–Trinajstić information content (AvgIpc) is 3.51. The van der Waals surface area contributed by atoms with E-state index in [1.54, 1.807) is 28.5 Å². The molecule has 33 heavy (non-hydrogen) atoms. The number of pyridine rings is 1. The molecule has 158 valence electrons. The molecular weight excluding hydrogens is 434 g/mol. The molecule has 0 unspecified atom stereocenters. The van der Waals surface area contributed by atoms with Crippen molar-refractivity contribution in [2.75, 3.05) is 5.32 Å². The van der Waals surface area contributed by atoms with E-state index in [1.165, 1.54) is 11.3 Å². The Kier molecular flexibility index (Phi) is 4.59. The van der Waals surface area contributed by atoms with Gasteiger partial charge < -0.3 is 5.32 Å². The summed E-state index contributed by atoms with van der Waals surface area (Å²) in [6.45, 7) is 0. The summed E-state index contributed by atoms with van der Waals surface area (Å²) in [4.78, 5) is 21.1. The van der Waals surface area contributed by atoms with Gasteiger partial charge in [-0.15, -0.1) is 21.5 Å². The topological polar surface area (TPSA) is 98.0 Å². The summed E-state index contributed by atoms with van der Waals surface area (Å²) in [6, 6.07) is 20.6. The quantitative estimate of drug-likeness (QED) is 0.418. The van der Waals surface area contributed by atoms with Crippen molar-refractivity contribution in [3.05, 3.63) is 90.2 Å². The van der Waals surface area contributed by atoms with Gasteiger partial charge in [-0.05, 0) is 54.6 Å². The van der Waals surface area contributed by atoms with Crippen molar-refractivity contribution < 1.29 is 4.79 Å². The van der Waals surface area contributed by atoms with E-state index >= 15 is 0 Å².